The van der Waals surface area contributed by atoms with Crippen LogP contribution in [-0.4, -0.2) is 56.2 Å². The van der Waals surface area contributed by atoms with Crippen LogP contribution in [0.3, 0.4) is 0 Å². The van der Waals surface area contributed by atoms with Crippen molar-refractivity contribution in [1.82, 2.24) is 4.72 Å². The van der Waals surface area contributed by atoms with Gasteiger partial charge >= 0.3 is 47.8 Å². The van der Waals surface area contributed by atoms with Crippen molar-refractivity contribution in [2.75, 3.05) is 0 Å². The van der Waals surface area contributed by atoms with E-state index in [9.17, 15) is 83.1 Å². The molecule has 0 saturated carbocycles. The normalized spacial score (nSPS) is 16.7. The van der Waals surface area contributed by atoms with Gasteiger partial charge in [0.05, 0.1) is 0 Å². The molecule has 0 rings (SSSR count). The number of rotatable bonds is 8. The van der Waals surface area contributed by atoms with Gasteiger partial charge in [0.1, 0.15) is 0 Å². The van der Waals surface area contributed by atoms with Crippen LogP contribution in [0.2, 0.25) is 0 Å². The van der Waals surface area contributed by atoms with E-state index < -0.39 is 62.7 Å². The van der Waals surface area contributed by atoms with Crippen LogP contribution in [0.1, 0.15) is 0 Å². The van der Waals surface area contributed by atoms with Crippen molar-refractivity contribution in [1.29, 1.82) is 0 Å². The van der Waals surface area contributed by atoms with Gasteiger partial charge in [-0.2, -0.15) is 83.1 Å². The molecule has 3 N–H and O–H groups in total. The average Bonchev–Trinajstić information content (AvgIpc) is 2.41. The second kappa shape index (κ2) is 6.84. The van der Waals surface area contributed by atoms with Crippen LogP contribution in [0.5, 0.6) is 0 Å². The van der Waals surface area contributed by atoms with Crippen molar-refractivity contribution < 1.29 is 83.1 Å². The lowest BCUT2D eigenvalue weighted by molar-refractivity contribution is -0.462. The van der Waals surface area contributed by atoms with Gasteiger partial charge in [0.25, 0.3) is 10.2 Å². The fraction of sp³-hybridized carbons (Fsp3) is 1.00. The Morgan fingerprint density at radius 3 is 0.933 bits per heavy atom. The van der Waals surface area contributed by atoms with Crippen molar-refractivity contribution >= 4 is 10.2 Å². The zero-order valence-electron chi connectivity index (χ0n) is 12.7. The summed E-state index contributed by atoms with van der Waals surface area (Å²) in [5.41, 5.74) is 0. The van der Waals surface area contributed by atoms with Gasteiger partial charge in [0.2, 0.25) is 0 Å². The Balaban J connectivity index is 6.77. The third-order valence-corrected chi connectivity index (χ3v) is 3.53. The van der Waals surface area contributed by atoms with E-state index >= 15 is 0 Å². The minimum Gasteiger partial charge on any atom is -0.216 e. The summed E-state index contributed by atoms with van der Waals surface area (Å²) in [6.45, 7) is 0. The molecule has 0 amide bonds. The topological polar surface area (TPSA) is 72.2 Å². The molecule has 0 aliphatic carbocycles. The van der Waals surface area contributed by atoms with Crippen LogP contribution in [0.25, 0.3) is 0 Å². The summed E-state index contributed by atoms with van der Waals surface area (Å²) in [6.07, 6.45) is -7.85. The number of nitrogens with one attached hydrogen (secondary N) is 1. The van der Waals surface area contributed by atoms with E-state index in [1.807, 2.05) is 0 Å². The van der Waals surface area contributed by atoms with Gasteiger partial charge in [-0.25, -0.2) is 5.14 Å². The maximum Gasteiger partial charge on any atom is 0.460 e. The summed E-state index contributed by atoms with van der Waals surface area (Å²) in [4.78, 5) is 0. The minimum absolute atomic E-state index is 0.949. The maximum atomic E-state index is 13.2. The monoisotopic (exact) mass is 514 g/mol. The number of nitrogens with two attached hydrogens (primary N) is 1. The van der Waals surface area contributed by atoms with Gasteiger partial charge in [-0.15, -0.1) is 4.72 Å². The summed E-state index contributed by atoms with van der Waals surface area (Å²) in [5.74, 6) is -51.2. The number of alkyl halides is 17. The summed E-state index contributed by atoms with van der Waals surface area (Å²) in [5, 5.41) is 3.65. The molecule has 0 aromatic rings. The number of hydrogen-bond acceptors (Lipinski definition) is 2. The highest BCUT2D eigenvalue weighted by atomic mass is 32.2. The summed E-state index contributed by atoms with van der Waals surface area (Å²) in [6, 6.07) is -7.29. The predicted octanol–water partition coefficient (Wildman–Crippen LogP) is 3.75. The predicted molar refractivity (Wildman–Crippen MR) is 56.9 cm³/mol. The summed E-state index contributed by atoms with van der Waals surface area (Å²) in [7, 11) is -6.24. The smallest absolute Gasteiger partial charge is 0.216 e. The Labute approximate surface area is 152 Å². The third-order valence-electron chi connectivity index (χ3n) is 2.99. The zero-order chi connectivity index (χ0) is 25.2. The highest BCUT2D eigenvalue weighted by Crippen LogP contribution is 2.63. The first kappa shape index (κ1) is 28.7. The van der Waals surface area contributed by atoms with E-state index in [2.05, 4.69) is 5.14 Å². The number of hydrogen-bond donors (Lipinski definition) is 2. The average molecular weight is 514 g/mol. The van der Waals surface area contributed by atoms with Gasteiger partial charge in [0, 0.05) is 0 Å². The van der Waals surface area contributed by atoms with Gasteiger partial charge in [0.15, 0.2) is 0 Å². The fourth-order valence-corrected chi connectivity index (χ4v) is 1.89. The van der Waals surface area contributed by atoms with Crippen molar-refractivity contribution in [2.24, 2.45) is 5.14 Å². The van der Waals surface area contributed by atoms with Crippen LogP contribution in [0, 0.1) is 0 Å². The SMILES string of the molecule is NS(=O)(=O)NC(F)(F)C(F)(F)C(F)(F)C(F)(F)C(F)(F)C(F)(F)C(F)(F)C(F)(F)F. The molecule has 0 fully saturated rings. The first-order chi connectivity index (χ1) is 12.5. The number of halogens is 17. The van der Waals surface area contributed by atoms with Crippen molar-refractivity contribution in [2.45, 2.75) is 47.8 Å². The Morgan fingerprint density at radius 1 is 0.467 bits per heavy atom. The van der Waals surface area contributed by atoms with E-state index in [1.165, 1.54) is 0 Å². The first-order valence-electron chi connectivity index (χ1n) is 5.99. The molecule has 22 heteroatoms. The van der Waals surface area contributed by atoms with E-state index in [-0.39, 0.29) is 0 Å². The van der Waals surface area contributed by atoms with Crippen LogP contribution in [0.4, 0.5) is 74.6 Å². The lowest BCUT2D eigenvalue weighted by atomic mass is 9.90. The fourth-order valence-electron chi connectivity index (χ4n) is 1.41. The molecule has 0 heterocycles. The molecule has 0 aromatic carbocycles. The minimum atomic E-state index is -8.79. The zero-order valence-corrected chi connectivity index (χ0v) is 13.5. The van der Waals surface area contributed by atoms with Gasteiger partial charge in [-0.3, -0.25) is 0 Å². The van der Waals surface area contributed by atoms with Crippen molar-refractivity contribution in [3.63, 3.8) is 0 Å². The van der Waals surface area contributed by atoms with E-state index in [1.54, 1.807) is 0 Å². The molecule has 30 heavy (non-hydrogen) atoms. The van der Waals surface area contributed by atoms with Crippen LogP contribution in [-0.2, 0) is 10.2 Å². The second-order valence-electron chi connectivity index (χ2n) is 5.17. The van der Waals surface area contributed by atoms with Gasteiger partial charge in [-0.05, 0) is 0 Å². The van der Waals surface area contributed by atoms with Crippen LogP contribution < -0.4 is 9.86 Å². The molecule has 0 spiro atoms. The van der Waals surface area contributed by atoms with E-state index in [4.69, 9.17) is 0 Å². The Morgan fingerprint density at radius 2 is 0.700 bits per heavy atom. The Kier molecular flexibility index (Phi) is 6.54. The summed E-state index contributed by atoms with van der Waals surface area (Å²) < 4.78 is 236. The standard InChI is InChI=1S/C8H3F17N2O2S/c9-1(10,3(13,14)5(17,18)7(21,22)23)2(11,12)4(15,16)6(19,20)8(24,25)27-30(26,28)29/h27H,(H2,26,28,29). The molecule has 0 aromatic heterocycles. The second-order valence-corrected chi connectivity index (χ2v) is 6.46. The van der Waals surface area contributed by atoms with E-state index in [0.717, 1.165) is 0 Å². The molecule has 4 nitrogen and oxygen atoms in total. The molecular weight excluding hydrogens is 511 g/mol. The van der Waals surface area contributed by atoms with Gasteiger partial charge in [-0.1, -0.05) is 0 Å². The molecule has 0 saturated heterocycles. The molecular formula is C8H3F17N2O2S. The lowest BCUT2D eigenvalue weighted by Gasteiger charge is -2.42. The van der Waals surface area contributed by atoms with Crippen LogP contribution in [0.15, 0.2) is 0 Å². The van der Waals surface area contributed by atoms with Crippen molar-refractivity contribution in [3.8, 4) is 0 Å². The van der Waals surface area contributed by atoms with Gasteiger partial charge < -0.3 is 0 Å². The Hall–Kier alpha value is -1.32. The molecule has 182 valence electrons. The summed E-state index contributed by atoms with van der Waals surface area (Å²) >= 11 is 0. The van der Waals surface area contributed by atoms with Crippen LogP contribution >= 0.6 is 0 Å². The lowest BCUT2D eigenvalue weighted by Crippen LogP contribution is -2.75. The third kappa shape index (κ3) is 3.84. The molecule has 0 aliphatic heterocycles. The highest BCUT2D eigenvalue weighted by molar-refractivity contribution is 7.87. The maximum absolute atomic E-state index is 13.2. The molecule has 0 aliphatic rings. The van der Waals surface area contributed by atoms with Crippen molar-refractivity contribution in [3.05, 3.63) is 0 Å². The largest absolute Gasteiger partial charge is 0.460 e. The molecule has 0 unspecified atom stereocenters. The molecule has 0 radical (unpaired) electrons. The Bertz CT molecular complexity index is 754. The molecule has 0 bridgehead atoms. The highest BCUT2D eigenvalue weighted by Gasteiger charge is 2.95. The molecule has 0 atom stereocenters. The quantitative estimate of drug-likeness (QED) is 0.383. The first-order valence-corrected chi connectivity index (χ1v) is 7.53. The van der Waals surface area contributed by atoms with E-state index in [0.29, 0.717) is 0 Å².